The smallest absolute Gasteiger partial charge is 0.165 e. The van der Waals surface area contributed by atoms with Gasteiger partial charge in [-0.3, -0.25) is 0 Å². The lowest BCUT2D eigenvalue weighted by Gasteiger charge is -2.08. The fraction of sp³-hybridized carbons (Fsp3) is 0.125. The van der Waals surface area contributed by atoms with Crippen molar-refractivity contribution in [3.05, 3.63) is 65.2 Å². The standard InChI is InChI=1S/C16H11ClF2O/c17-8-2-4-12-6-7-15(19)16(10-12)20-11-13-3-1-5-14(18)9-13/h1,3,5-7,9-10H,8,11H2. The maximum Gasteiger partial charge on any atom is 0.165 e. The van der Waals surface area contributed by atoms with Gasteiger partial charge in [-0.2, -0.15) is 0 Å². The summed E-state index contributed by atoms with van der Waals surface area (Å²) in [6.07, 6.45) is 0. The zero-order valence-corrected chi connectivity index (χ0v) is 11.3. The van der Waals surface area contributed by atoms with Crippen LogP contribution in [0.25, 0.3) is 0 Å². The van der Waals surface area contributed by atoms with Crippen LogP contribution in [0.5, 0.6) is 5.75 Å². The second kappa shape index (κ2) is 6.93. The van der Waals surface area contributed by atoms with Crippen molar-refractivity contribution in [1.82, 2.24) is 0 Å². The van der Waals surface area contributed by atoms with Crippen LogP contribution in [-0.2, 0) is 6.61 Å². The molecule has 0 spiro atoms. The van der Waals surface area contributed by atoms with Gasteiger partial charge in [0.2, 0.25) is 0 Å². The fourth-order valence-corrected chi connectivity index (χ4v) is 1.68. The molecular formula is C16H11ClF2O. The summed E-state index contributed by atoms with van der Waals surface area (Å²) >= 11 is 5.46. The Morgan fingerprint density at radius 1 is 1.10 bits per heavy atom. The quantitative estimate of drug-likeness (QED) is 0.610. The van der Waals surface area contributed by atoms with Gasteiger partial charge in [-0.05, 0) is 35.9 Å². The van der Waals surface area contributed by atoms with E-state index in [9.17, 15) is 8.78 Å². The molecule has 0 amide bonds. The number of benzene rings is 2. The van der Waals surface area contributed by atoms with Gasteiger partial charge in [0.05, 0.1) is 5.88 Å². The molecule has 0 fully saturated rings. The highest BCUT2D eigenvalue weighted by Gasteiger charge is 2.05. The number of ether oxygens (including phenoxy) is 1. The van der Waals surface area contributed by atoms with E-state index in [1.165, 1.54) is 24.3 Å². The van der Waals surface area contributed by atoms with Crippen molar-refractivity contribution >= 4 is 11.6 Å². The molecule has 0 aliphatic carbocycles. The zero-order chi connectivity index (χ0) is 14.4. The topological polar surface area (TPSA) is 9.23 Å². The van der Waals surface area contributed by atoms with E-state index in [1.807, 2.05) is 0 Å². The van der Waals surface area contributed by atoms with Crippen LogP contribution >= 0.6 is 11.6 Å². The van der Waals surface area contributed by atoms with E-state index < -0.39 is 5.82 Å². The Labute approximate surface area is 121 Å². The Bertz CT molecular complexity index is 659. The van der Waals surface area contributed by atoms with Gasteiger partial charge in [0, 0.05) is 5.56 Å². The first-order valence-electron chi connectivity index (χ1n) is 5.90. The third kappa shape index (κ3) is 3.97. The number of hydrogen-bond acceptors (Lipinski definition) is 1. The molecule has 2 aromatic carbocycles. The van der Waals surface area contributed by atoms with Crippen LogP contribution in [0, 0.1) is 23.5 Å². The molecule has 0 aliphatic heterocycles. The van der Waals surface area contributed by atoms with Crippen molar-refractivity contribution in [2.45, 2.75) is 6.61 Å². The number of hydrogen-bond donors (Lipinski definition) is 0. The number of alkyl halides is 1. The minimum atomic E-state index is -0.488. The van der Waals surface area contributed by atoms with Gasteiger partial charge >= 0.3 is 0 Å². The van der Waals surface area contributed by atoms with Crippen LogP contribution in [0.2, 0.25) is 0 Å². The Kier molecular flexibility index (Phi) is 4.97. The summed E-state index contributed by atoms with van der Waals surface area (Å²) in [7, 11) is 0. The first kappa shape index (κ1) is 14.4. The molecule has 0 heterocycles. The molecule has 0 atom stereocenters. The summed E-state index contributed by atoms with van der Waals surface area (Å²) in [5, 5.41) is 0. The average molecular weight is 293 g/mol. The molecule has 102 valence electrons. The van der Waals surface area contributed by atoms with Gasteiger partial charge in [0.15, 0.2) is 11.6 Å². The van der Waals surface area contributed by atoms with Gasteiger partial charge in [-0.15, -0.1) is 11.6 Å². The van der Waals surface area contributed by atoms with Crippen LogP contribution in [0.3, 0.4) is 0 Å². The molecule has 0 saturated heterocycles. The molecule has 0 saturated carbocycles. The van der Waals surface area contributed by atoms with E-state index in [-0.39, 0.29) is 24.1 Å². The summed E-state index contributed by atoms with van der Waals surface area (Å²) in [6.45, 7) is 0.0844. The molecular weight excluding hydrogens is 282 g/mol. The zero-order valence-electron chi connectivity index (χ0n) is 10.5. The normalized spacial score (nSPS) is 9.75. The summed E-state index contributed by atoms with van der Waals surface area (Å²) in [4.78, 5) is 0. The molecule has 2 aromatic rings. The van der Waals surface area contributed by atoms with E-state index in [0.29, 0.717) is 11.1 Å². The van der Waals surface area contributed by atoms with Crippen molar-refractivity contribution in [3.8, 4) is 17.6 Å². The molecule has 4 heteroatoms. The SMILES string of the molecule is Fc1cccc(COc2cc(C#CCCl)ccc2F)c1. The van der Waals surface area contributed by atoms with Crippen LogP contribution in [0.4, 0.5) is 8.78 Å². The van der Waals surface area contributed by atoms with Crippen molar-refractivity contribution in [1.29, 1.82) is 0 Å². The summed E-state index contributed by atoms with van der Waals surface area (Å²) in [5.74, 6) is 4.90. The summed E-state index contributed by atoms with van der Waals surface area (Å²) in [5.41, 5.74) is 1.24. The van der Waals surface area contributed by atoms with E-state index in [2.05, 4.69) is 11.8 Å². The molecule has 0 bridgehead atoms. The van der Waals surface area contributed by atoms with Crippen molar-refractivity contribution in [3.63, 3.8) is 0 Å². The second-order valence-electron chi connectivity index (χ2n) is 4.00. The molecule has 0 N–H and O–H groups in total. The Morgan fingerprint density at radius 2 is 1.95 bits per heavy atom. The molecule has 0 radical (unpaired) electrons. The largest absolute Gasteiger partial charge is 0.486 e. The Morgan fingerprint density at radius 3 is 2.70 bits per heavy atom. The minimum absolute atomic E-state index is 0.0793. The van der Waals surface area contributed by atoms with Crippen molar-refractivity contribution in [2.24, 2.45) is 0 Å². The maximum atomic E-state index is 13.6. The van der Waals surface area contributed by atoms with E-state index in [0.717, 1.165) is 0 Å². The molecule has 0 unspecified atom stereocenters. The fourth-order valence-electron chi connectivity index (χ4n) is 1.62. The van der Waals surface area contributed by atoms with Gasteiger partial charge in [0.1, 0.15) is 12.4 Å². The monoisotopic (exact) mass is 292 g/mol. The van der Waals surface area contributed by atoms with E-state index in [1.54, 1.807) is 18.2 Å². The van der Waals surface area contributed by atoms with Crippen LogP contribution in [0.15, 0.2) is 42.5 Å². The maximum absolute atomic E-state index is 13.6. The molecule has 1 nitrogen and oxygen atoms in total. The molecule has 2 rings (SSSR count). The molecule has 0 aliphatic rings. The summed E-state index contributed by atoms with van der Waals surface area (Å²) < 4.78 is 32.0. The van der Waals surface area contributed by atoms with Gasteiger partial charge in [-0.1, -0.05) is 24.0 Å². The van der Waals surface area contributed by atoms with Crippen molar-refractivity contribution < 1.29 is 13.5 Å². The number of halogens is 3. The Balaban J connectivity index is 2.12. The Hall–Kier alpha value is -2.05. The highest BCUT2D eigenvalue weighted by molar-refractivity contribution is 6.19. The highest BCUT2D eigenvalue weighted by Crippen LogP contribution is 2.20. The lowest BCUT2D eigenvalue weighted by Crippen LogP contribution is -1.98. The second-order valence-corrected chi connectivity index (χ2v) is 4.27. The first-order valence-corrected chi connectivity index (χ1v) is 6.44. The third-order valence-corrected chi connectivity index (χ3v) is 2.65. The lowest BCUT2D eigenvalue weighted by atomic mass is 10.2. The predicted molar refractivity (Wildman–Crippen MR) is 74.7 cm³/mol. The molecule has 20 heavy (non-hydrogen) atoms. The molecule has 0 aromatic heterocycles. The lowest BCUT2D eigenvalue weighted by molar-refractivity contribution is 0.289. The highest BCUT2D eigenvalue weighted by atomic mass is 35.5. The predicted octanol–water partition coefficient (Wildman–Crippen LogP) is 4.13. The van der Waals surface area contributed by atoms with E-state index >= 15 is 0 Å². The number of rotatable bonds is 3. The van der Waals surface area contributed by atoms with Crippen LogP contribution < -0.4 is 4.74 Å². The van der Waals surface area contributed by atoms with Gasteiger partial charge in [0.25, 0.3) is 0 Å². The first-order chi connectivity index (χ1) is 9.69. The van der Waals surface area contributed by atoms with Gasteiger partial charge in [-0.25, -0.2) is 8.78 Å². The van der Waals surface area contributed by atoms with Crippen LogP contribution in [0.1, 0.15) is 11.1 Å². The van der Waals surface area contributed by atoms with E-state index in [4.69, 9.17) is 16.3 Å². The summed E-state index contributed by atoms with van der Waals surface area (Å²) in [6, 6.07) is 10.3. The van der Waals surface area contributed by atoms with Crippen molar-refractivity contribution in [2.75, 3.05) is 5.88 Å². The van der Waals surface area contributed by atoms with Crippen LogP contribution in [-0.4, -0.2) is 5.88 Å². The van der Waals surface area contributed by atoms with Gasteiger partial charge < -0.3 is 4.74 Å². The third-order valence-electron chi connectivity index (χ3n) is 2.51. The average Bonchev–Trinajstić information content (AvgIpc) is 2.45. The minimum Gasteiger partial charge on any atom is -0.486 e.